The van der Waals surface area contributed by atoms with Gasteiger partial charge in [-0.05, 0) is 29.8 Å². The first kappa shape index (κ1) is 11.8. The Balaban J connectivity index is 2.13. The summed E-state index contributed by atoms with van der Waals surface area (Å²) in [5.74, 6) is 0.209. The normalized spacial score (nSPS) is 10.7. The maximum atomic E-state index is 10.4. The summed E-state index contributed by atoms with van der Waals surface area (Å²) in [6.45, 7) is 0. The zero-order chi connectivity index (χ0) is 13.0. The summed E-state index contributed by atoms with van der Waals surface area (Å²) < 4.78 is 0. The van der Waals surface area contributed by atoms with Crippen molar-refractivity contribution in [2.75, 3.05) is 0 Å². The lowest BCUT2D eigenvalue weighted by molar-refractivity contribution is -0.385. The molecule has 0 aliphatic carbocycles. The Hall–Kier alpha value is -2.69. The van der Waals surface area contributed by atoms with Gasteiger partial charge in [0.05, 0.1) is 10.6 Å². The Morgan fingerprint density at radius 3 is 2.39 bits per heavy atom. The second-order valence-corrected chi connectivity index (χ2v) is 3.62. The molecule has 0 fully saturated rings. The Morgan fingerprint density at radius 2 is 1.83 bits per heavy atom. The summed E-state index contributed by atoms with van der Waals surface area (Å²) in [4.78, 5) is 13.9. The zero-order valence-corrected chi connectivity index (χ0v) is 9.35. The number of aromatic hydroxyl groups is 1. The third kappa shape index (κ3) is 2.91. The summed E-state index contributed by atoms with van der Waals surface area (Å²) in [6, 6.07) is 9.68. The molecule has 1 heterocycles. The van der Waals surface area contributed by atoms with Crippen molar-refractivity contribution < 1.29 is 10.0 Å². The number of nitro groups is 1. The molecule has 0 atom stereocenters. The van der Waals surface area contributed by atoms with Gasteiger partial charge in [0.2, 0.25) is 0 Å². The van der Waals surface area contributed by atoms with Crippen LogP contribution in [0.2, 0.25) is 0 Å². The number of phenolic OH excluding ortho intramolecular Hbond substituents is 1. The van der Waals surface area contributed by atoms with Crippen LogP contribution in [0.3, 0.4) is 0 Å². The lowest BCUT2D eigenvalue weighted by atomic mass is 10.2. The van der Waals surface area contributed by atoms with E-state index < -0.39 is 4.92 Å². The van der Waals surface area contributed by atoms with E-state index in [0.717, 1.165) is 5.56 Å². The Morgan fingerprint density at radius 1 is 1.11 bits per heavy atom. The van der Waals surface area contributed by atoms with Crippen LogP contribution in [-0.2, 0) is 0 Å². The van der Waals surface area contributed by atoms with E-state index in [9.17, 15) is 10.1 Å². The molecule has 18 heavy (non-hydrogen) atoms. The van der Waals surface area contributed by atoms with E-state index in [1.807, 2.05) is 6.08 Å². The van der Waals surface area contributed by atoms with Crippen LogP contribution in [0.25, 0.3) is 12.2 Å². The Bertz CT molecular complexity index is 574. The highest BCUT2D eigenvalue weighted by Crippen LogP contribution is 2.13. The predicted octanol–water partition coefficient (Wildman–Crippen LogP) is 2.87. The molecule has 2 aromatic rings. The fourth-order valence-electron chi connectivity index (χ4n) is 1.37. The molecule has 90 valence electrons. The predicted molar refractivity (Wildman–Crippen MR) is 67.9 cm³/mol. The molecular weight excluding hydrogens is 232 g/mol. The van der Waals surface area contributed by atoms with E-state index >= 15 is 0 Å². The van der Waals surface area contributed by atoms with E-state index in [0.29, 0.717) is 5.69 Å². The molecular formula is C13H10N2O3. The summed E-state index contributed by atoms with van der Waals surface area (Å²) in [6.07, 6.45) is 4.78. The van der Waals surface area contributed by atoms with E-state index in [1.165, 1.54) is 12.3 Å². The molecule has 5 heteroatoms. The molecule has 0 spiro atoms. The van der Waals surface area contributed by atoms with Gasteiger partial charge in [-0.2, -0.15) is 0 Å². The average Bonchev–Trinajstić information content (AvgIpc) is 2.38. The van der Waals surface area contributed by atoms with Crippen molar-refractivity contribution in [1.82, 2.24) is 4.98 Å². The first-order chi connectivity index (χ1) is 8.65. The maximum absolute atomic E-state index is 10.4. The second-order valence-electron chi connectivity index (χ2n) is 3.62. The van der Waals surface area contributed by atoms with Crippen LogP contribution in [0, 0.1) is 10.1 Å². The third-order valence-corrected chi connectivity index (χ3v) is 2.32. The number of nitrogens with zero attached hydrogens (tertiary/aromatic N) is 2. The van der Waals surface area contributed by atoms with E-state index in [1.54, 1.807) is 36.4 Å². The van der Waals surface area contributed by atoms with Crippen molar-refractivity contribution in [2.24, 2.45) is 0 Å². The summed E-state index contributed by atoms with van der Waals surface area (Å²) in [7, 11) is 0. The van der Waals surface area contributed by atoms with Gasteiger partial charge < -0.3 is 5.11 Å². The van der Waals surface area contributed by atoms with Crippen LogP contribution in [0.5, 0.6) is 5.75 Å². The minimum Gasteiger partial charge on any atom is -0.508 e. The van der Waals surface area contributed by atoms with Crippen molar-refractivity contribution in [3.63, 3.8) is 0 Å². The molecule has 0 bridgehead atoms. The lowest BCUT2D eigenvalue weighted by Gasteiger charge is -1.95. The van der Waals surface area contributed by atoms with Gasteiger partial charge in [-0.3, -0.25) is 10.1 Å². The molecule has 0 amide bonds. The standard InChI is InChI=1S/C13H10N2O3/c16-13-7-2-10(3-8-13)1-4-11-5-6-12(9-14-11)15(17)18/h1-9,16H. The van der Waals surface area contributed by atoms with Crippen molar-refractivity contribution in [2.45, 2.75) is 0 Å². The highest BCUT2D eigenvalue weighted by Gasteiger charge is 2.03. The fourth-order valence-corrected chi connectivity index (χ4v) is 1.37. The van der Waals surface area contributed by atoms with Gasteiger partial charge in [-0.1, -0.05) is 18.2 Å². The molecule has 1 N–H and O–H groups in total. The Labute approximate surface area is 103 Å². The molecule has 5 nitrogen and oxygen atoms in total. The molecule has 1 aromatic heterocycles. The van der Waals surface area contributed by atoms with Crippen molar-refractivity contribution in [3.8, 4) is 5.75 Å². The van der Waals surface area contributed by atoms with Gasteiger partial charge >= 0.3 is 0 Å². The molecule has 0 unspecified atom stereocenters. The van der Waals surface area contributed by atoms with Crippen LogP contribution < -0.4 is 0 Å². The number of phenols is 1. The van der Waals surface area contributed by atoms with Gasteiger partial charge in [0.25, 0.3) is 5.69 Å². The largest absolute Gasteiger partial charge is 0.508 e. The first-order valence-electron chi connectivity index (χ1n) is 5.23. The number of pyridine rings is 1. The van der Waals surface area contributed by atoms with Crippen LogP contribution >= 0.6 is 0 Å². The fraction of sp³-hybridized carbons (Fsp3) is 0. The topological polar surface area (TPSA) is 76.3 Å². The van der Waals surface area contributed by atoms with Crippen LogP contribution in [0.1, 0.15) is 11.3 Å². The SMILES string of the molecule is O=[N+]([O-])c1ccc(C=Cc2ccc(O)cc2)nc1. The van der Waals surface area contributed by atoms with Gasteiger partial charge in [-0.15, -0.1) is 0 Å². The molecule has 0 saturated heterocycles. The highest BCUT2D eigenvalue weighted by molar-refractivity contribution is 5.68. The maximum Gasteiger partial charge on any atom is 0.287 e. The number of aromatic nitrogens is 1. The zero-order valence-electron chi connectivity index (χ0n) is 9.35. The molecule has 0 saturated carbocycles. The van der Waals surface area contributed by atoms with Gasteiger partial charge in [-0.25, -0.2) is 4.98 Å². The smallest absolute Gasteiger partial charge is 0.287 e. The number of benzene rings is 1. The minimum absolute atomic E-state index is 0.0308. The van der Waals surface area contributed by atoms with E-state index in [4.69, 9.17) is 5.11 Å². The lowest BCUT2D eigenvalue weighted by Crippen LogP contribution is -1.89. The summed E-state index contributed by atoms with van der Waals surface area (Å²) >= 11 is 0. The first-order valence-corrected chi connectivity index (χ1v) is 5.23. The van der Waals surface area contributed by atoms with Crippen LogP contribution in [0.4, 0.5) is 5.69 Å². The Kier molecular flexibility index (Phi) is 3.33. The highest BCUT2D eigenvalue weighted by atomic mass is 16.6. The second kappa shape index (κ2) is 5.09. The number of hydrogen-bond acceptors (Lipinski definition) is 4. The van der Waals surface area contributed by atoms with Gasteiger partial charge in [0, 0.05) is 6.07 Å². The van der Waals surface area contributed by atoms with Crippen molar-refractivity contribution in [3.05, 3.63) is 64.0 Å². The van der Waals surface area contributed by atoms with Crippen molar-refractivity contribution in [1.29, 1.82) is 0 Å². The monoisotopic (exact) mass is 242 g/mol. The molecule has 0 radical (unpaired) electrons. The van der Waals surface area contributed by atoms with Crippen LogP contribution in [0.15, 0.2) is 42.6 Å². The molecule has 0 aliphatic heterocycles. The summed E-state index contributed by atoms with van der Waals surface area (Å²) in [5, 5.41) is 19.6. The minimum atomic E-state index is -0.486. The quantitative estimate of drug-likeness (QED) is 0.663. The summed E-state index contributed by atoms with van der Waals surface area (Å²) in [5.41, 5.74) is 1.51. The van der Waals surface area contributed by atoms with Gasteiger partial charge in [0.1, 0.15) is 11.9 Å². The average molecular weight is 242 g/mol. The van der Waals surface area contributed by atoms with Crippen molar-refractivity contribution >= 4 is 17.8 Å². The number of rotatable bonds is 3. The van der Waals surface area contributed by atoms with Crippen LogP contribution in [-0.4, -0.2) is 15.0 Å². The molecule has 0 aliphatic rings. The molecule has 1 aromatic carbocycles. The van der Waals surface area contributed by atoms with E-state index in [-0.39, 0.29) is 11.4 Å². The van der Waals surface area contributed by atoms with E-state index in [2.05, 4.69) is 4.98 Å². The molecule has 2 rings (SSSR count). The third-order valence-electron chi connectivity index (χ3n) is 2.32. The number of hydrogen-bond donors (Lipinski definition) is 1. The van der Waals surface area contributed by atoms with Gasteiger partial charge in [0.15, 0.2) is 0 Å².